The molecule has 0 aliphatic carbocycles. The molecule has 6 heteroatoms. The Morgan fingerprint density at radius 2 is 2.00 bits per heavy atom. The molecule has 0 spiro atoms. The lowest BCUT2D eigenvalue weighted by molar-refractivity contribution is 0.201. The van der Waals surface area contributed by atoms with Gasteiger partial charge >= 0.3 is 0 Å². The molecule has 0 bridgehead atoms. The van der Waals surface area contributed by atoms with Gasteiger partial charge in [0.15, 0.2) is 0 Å². The van der Waals surface area contributed by atoms with Crippen LogP contribution in [0.25, 0.3) is 0 Å². The molecule has 1 aromatic rings. The Morgan fingerprint density at radius 3 is 2.50 bits per heavy atom. The fourth-order valence-electron chi connectivity index (χ4n) is 1.90. The van der Waals surface area contributed by atoms with Crippen LogP contribution < -0.4 is 5.73 Å². The number of rotatable bonds is 2. The summed E-state index contributed by atoms with van der Waals surface area (Å²) in [4.78, 5) is 2.44. The van der Waals surface area contributed by atoms with E-state index in [1.165, 1.54) is 5.69 Å². The molecule has 2 heterocycles. The normalized spacial score (nSPS) is 17.6. The zero-order valence-corrected chi connectivity index (χ0v) is 11.1. The maximum Gasteiger partial charge on any atom is 0.0521 e. The lowest BCUT2D eigenvalue weighted by Gasteiger charge is -2.29. The van der Waals surface area contributed by atoms with Crippen molar-refractivity contribution in [1.29, 1.82) is 0 Å². The van der Waals surface area contributed by atoms with Crippen molar-refractivity contribution < 1.29 is 0 Å². The highest BCUT2D eigenvalue weighted by Crippen LogP contribution is 2.11. The van der Waals surface area contributed by atoms with Crippen LogP contribution in [-0.2, 0) is 13.6 Å². The molecule has 1 fully saturated rings. The molecule has 2 rings (SSSR count). The Labute approximate surface area is 109 Å². The first-order valence-corrected chi connectivity index (χ1v) is 5.20. The molecule has 0 unspecified atom stereocenters. The second kappa shape index (κ2) is 7.12. The van der Waals surface area contributed by atoms with Crippen LogP contribution in [0.3, 0.4) is 0 Å². The molecule has 94 valence electrons. The van der Waals surface area contributed by atoms with Crippen molar-refractivity contribution in [2.75, 3.05) is 13.1 Å². The number of piperidine rings is 1. The Hall–Kier alpha value is -0.290. The second-order valence-corrected chi connectivity index (χ2v) is 4.06. The van der Waals surface area contributed by atoms with Gasteiger partial charge in [0.05, 0.1) is 5.69 Å². The van der Waals surface area contributed by atoms with Crippen molar-refractivity contribution in [2.24, 2.45) is 12.8 Å². The summed E-state index contributed by atoms with van der Waals surface area (Å²) in [5, 5.41) is 4.16. The van der Waals surface area contributed by atoms with Crippen molar-refractivity contribution >= 4 is 24.8 Å². The molecular weight excluding hydrogens is 247 g/mol. The van der Waals surface area contributed by atoms with Crippen LogP contribution in [-0.4, -0.2) is 33.8 Å². The van der Waals surface area contributed by atoms with Gasteiger partial charge in [-0.3, -0.25) is 9.58 Å². The van der Waals surface area contributed by atoms with Gasteiger partial charge < -0.3 is 5.73 Å². The molecule has 1 saturated heterocycles. The lowest BCUT2D eigenvalue weighted by atomic mass is 10.1. The van der Waals surface area contributed by atoms with Crippen LogP contribution in [0, 0.1) is 0 Å². The van der Waals surface area contributed by atoms with E-state index in [-0.39, 0.29) is 24.8 Å². The Morgan fingerprint density at radius 1 is 1.38 bits per heavy atom. The van der Waals surface area contributed by atoms with E-state index < -0.39 is 0 Å². The lowest BCUT2D eigenvalue weighted by Crippen LogP contribution is -2.39. The summed E-state index contributed by atoms with van der Waals surface area (Å²) in [5.74, 6) is 0. The third-order valence-electron chi connectivity index (χ3n) is 2.94. The zero-order valence-electron chi connectivity index (χ0n) is 9.50. The average molecular weight is 267 g/mol. The van der Waals surface area contributed by atoms with Gasteiger partial charge in [0, 0.05) is 38.9 Å². The summed E-state index contributed by atoms with van der Waals surface area (Å²) < 4.78 is 1.94. The van der Waals surface area contributed by atoms with Gasteiger partial charge in [0.2, 0.25) is 0 Å². The number of nitrogens with zero attached hydrogens (tertiary/aromatic N) is 3. The third-order valence-corrected chi connectivity index (χ3v) is 2.94. The zero-order chi connectivity index (χ0) is 9.97. The predicted octanol–water partition coefficient (Wildman–Crippen LogP) is 1.19. The van der Waals surface area contributed by atoms with Gasteiger partial charge in [-0.15, -0.1) is 24.8 Å². The minimum atomic E-state index is 0. The van der Waals surface area contributed by atoms with E-state index in [9.17, 15) is 0 Å². The second-order valence-electron chi connectivity index (χ2n) is 4.06. The van der Waals surface area contributed by atoms with Crippen LogP contribution in [0.4, 0.5) is 0 Å². The molecule has 1 aliphatic rings. The van der Waals surface area contributed by atoms with E-state index in [0.717, 1.165) is 32.5 Å². The molecule has 1 aromatic heterocycles. The maximum atomic E-state index is 5.86. The van der Waals surface area contributed by atoms with Gasteiger partial charge in [0.25, 0.3) is 0 Å². The van der Waals surface area contributed by atoms with Crippen LogP contribution in [0.1, 0.15) is 18.5 Å². The molecule has 16 heavy (non-hydrogen) atoms. The highest BCUT2D eigenvalue weighted by molar-refractivity contribution is 5.85. The van der Waals surface area contributed by atoms with Crippen molar-refractivity contribution in [3.63, 3.8) is 0 Å². The number of hydrogen-bond acceptors (Lipinski definition) is 3. The molecule has 4 nitrogen and oxygen atoms in total. The summed E-state index contributed by atoms with van der Waals surface area (Å²) in [7, 11) is 1.99. The molecule has 0 saturated carbocycles. The standard InChI is InChI=1S/C10H18N4.2ClH/c1-13-10(2-5-12-13)8-14-6-3-9(11)4-7-14;;/h2,5,9H,3-4,6-8,11H2,1H3;2*1H. The van der Waals surface area contributed by atoms with Crippen LogP contribution >= 0.6 is 24.8 Å². The van der Waals surface area contributed by atoms with Crippen molar-refractivity contribution in [3.05, 3.63) is 18.0 Å². The van der Waals surface area contributed by atoms with Crippen LogP contribution in [0.5, 0.6) is 0 Å². The number of aryl methyl sites for hydroxylation is 1. The third kappa shape index (κ3) is 3.94. The van der Waals surface area contributed by atoms with E-state index in [1.807, 2.05) is 17.9 Å². The topological polar surface area (TPSA) is 47.1 Å². The first-order valence-electron chi connectivity index (χ1n) is 5.20. The number of aromatic nitrogens is 2. The van der Waals surface area contributed by atoms with E-state index in [4.69, 9.17) is 5.73 Å². The molecule has 2 N–H and O–H groups in total. The van der Waals surface area contributed by atoms with E-state index >= 15 is 0 Å². The maximum absolute atomic E-state index is 5.86. The first-order chi connectivity index (χ1) is 6.75. The highest BCUT2D eigenvalue weighted by Gasteiger charge is 2.16. The summed E-state index contributed by atoms with van der Waals surface area (Å²) in [6.07, 6.45) is 4.10. The summed E-state index contributed by atoms with van der Waals surface area (Å²) in [6.45, 7) is 3.24. The number of likely N-dealkylation sites (tertiary alicyclic amines) is 1. The van der Waals surface area contributed by atoms with E-state index in [1.54, 1.807) is 0 Å². The van der Waals surface area contributed by atoms with Crippen LogP contribution in [0.15, 0.2) is 12.3 Å². The molecule has 0 atom stereocenters. The molecule has 0 aromatic carbocycles. The minimum Gasteiger partial charge on any atom is -0.328 e. The molecule has 0 amide bonds. The van der Waals surface area contributed by atoms with Gasteiger partial charge in [-0.1, -0.05) is 0 Å². The Bertz CT molecular complexity index is 295. The smallest absolute Gasteiger partial charge is 0.0521 e. The summed E-state index contributed by atoms with van der Waals surface area (Å²) >= 11 is 0. The molecule has 1 aliphatic heterocycles. The average Bonchev–Trinajstić information content (AvgIpc) is 2.56. The van der Waals surface area contributed by atoms with Crippen molar-refractivity contribution in [1.82, 2.24) is 14.7 Å². The Kier molecular flexibility index (Phi) is 6.99. The summed E-state index contributed by atoms with van der Waals surface area (Å²) in [5.41, 5.74) is 7.13. The van der Waals surface area contributed by atoms with Gasteiger partial charge in [-0.2, -0.15) is 5.10 Å². The van der Waals surface area contributed by atoms with Crippen molar-refractivity contribution in [3.8, 4) is 0 Å². The monoisotopic (exact) mass is 266 g/mol. The molecule has 0 radical (unpaired) electrons. The number of hydrogen-bond donors (Lipinski definition) is 1. The highest BCUT2D eigenvalue weighted by atomic mass is 35.5. The largest absolute Gasteiger partial charge is 0.328 e. The van der Waals surface area contributed by atoms with Gasteiger partial charge in [-0.25, -0.2) is 0 Å². The van der Waals surface area contributed by atoms with E-state index in [2.05, 4.69) is 16.1 Å². The van der Waals surface area contributed by atoms with Gasteiger partial charge in [-0.05, 0) is 18.9 Å². The fraction of sp³-hybridized carbons (Fsp3) is 0.700. The fourth-order valence-corrected chi connectivity index (χ4v) is 1.90. The van der Waals surface area contributed by atoms with Crippen molar-refractivity contribution in [2.45, 2.75) is 25.4 Å². The predicted molar refractivity (Wildman–Crippen MR) is 70.2 cm³/mol. The van der Waals surface area contributed by atoms with E-state index in [0.29, 0.717) is 6.04 Å². The first kappa shape index (κ1) is 15.7. The molecular formula is C10H20Cl2N4. The minimum absolute atomic E-state index is 0. The number of nitrogens with two attached hydrogens (primary N) is 1. The van der Waals surface area contributed by atoms with Gasteiger partial charge in [0.1, 0.15) is 0 Å². The summed E-state index contributed by atoms with van der Waals surface area (Å²) in [6, 6.07) is 2.49. The quantitative estimate of drug-likeness (QED) is 0.875. The Balaban J connectivity index is 0.00000112. The SMILES string of the molecule is Cl.Cl.Cn1nccc1CN1CCC(N)CC1. The van der Waals surface area contributed by atoms with Crippen LogP contribution in [0.2, 0.25) is 0 Å². The number of halogens is 2.